The number of rotatable bonds is 1. The lowest BCUT2D eigenvalue weighted by Crippen LogP contribution is -2.22. The van der Waals surface area contributed by atoms with E-state index in [1.165, 1.54) is 37.8 Å². The quantitative estimate of drug-likeness (QED) is 0.152. The van der Waals surface area contributed by atoms with Crippen LogP contribution < -0.4 is 17.0 Å². The number of carbonyl (C=O) groups excluding carboxylic acids is 1. The van der Waals surface area contributed by atoms with E-state index in [0.29, 0.717) is 22.7 Å². The van der Waals surface area contributed by atoms with Gasteiger partial charge in [-0.25, -0.2) is 9.78 Å². The van der Waals surface area contributed by atoms with Crippen LogP contribution in [-0.4, -0.2) is 63.5 Å². The number of aromatic hydroxyl groups is 1. The summed E-state index contributed by atoms with van der Waals surface area (Å²) in [6, 6.07) is 39.8. The van der Waals surface area contributed by atoms with Gasteiger partial charge in [0.15, 0.2) is 17.2 Å². The van der Waals surface area contributed by atoms with Gasteiger partial charge < -0.3 is 21.3 Å². The smallest absolute Gasteiger partial charge is 0.360 e. The number of aromatic nitrogens is 7. The number of carbonyl (C=O) groups is 1. The second-order valence-corrected chi connectivity index (χ2v) is 14.5. The van der Waals surface area contributed by atoms with E-state index >= 15 is 0 Å². The summed E-state index contributed by atoms with van der Waals surface area (Å²) in [6.45, 7) is 5.72. The van der Waals surface area contributed by atoms with Crippen LogP contribution in [0.25, 0.3) is 38.4 Å². The van der Waals surface area contributed by atoms with Crippen molar-refractivity contribution < 1.29 is 14.6 Å². The molecule has 5 N–H and O–H groups in total. The molecule has 11 rings (SSSR count). The van der Waals surface area contributed by atoms with E-state index < -0.39 is 17.3 Å². The molecule has 2 aliphatic rings. The van der Waals surface area contributed by atoms with Gasteiger partial charge in [0, 0.05) is 54.1 Å². The molecule has 0 bridgehead atoms. The number of benzene rings is 5. The molecule has 4 aromatic heterocycles. The Bertz CT molecular complexity index is 3010. The Balaban J connectivity index is 0.000000120. The van der Waals surface area contributed by atoms with Crippen molar-refractivity contribution in [3.63, 3.8) is 0 Å². The summed E-state index contributed by atoms with van der Waals surface area (Å²) >= 11 is 0. The van der Waals surface area contributed by atoms with Crippen LogP contribution in [0.3, 0.4) is 0 Å². The van der Waals surface area contributed by atoms with Crippen molar-refractivity contribution in [2.45, 2.75) is 26.9 Å². The van der Waals surface area contributed by atoms with E-state index in [9.17, 15) is 14.7 Å². The van der Waals surface area contributed by atoms with Crippen LogP contribution in [0, 0.1) is 6.92 Å². The second-order valence-electron chi connectivity index (χ2n) is 14.5. The van der Waals surface area contributed by atoms with Gasteiger partial charge in [0.2, 0.25) is 5.75 Å². The third-order valence-corrected chi connectivity index (χ3v) is 10.5. The lowest BCUT2D eigenvalue weighted by molar-refractivity contribution is 0.0590. The van der Waals surface area contributed by atoms with Crippen molar-refractivity contribution in [1.29, 1.82) is 0 Å². The average Bonchev–Trinajstić information content (AvgIpc) is 4.09. The van der Waals surface area contributed by atoms with Crippen LogP contribution in [0.5, 0.6) is 5.75 Å². The number of aryl methyl sites for hydroxylation is 4. The largest absolute Gasteiger partial charge is 0.501 e. The van der Waals surface area contributed by atoms with Crippen molar-refractivity contribution in [1.82, 2.24) is 33.7 Å². The minimum Gasteiger partial charge on any atom is -0.501 e. The minimum absolute atomic E-state index is 0.298. The van der Waals surface area contributed by atoms with Crippen molar-refractivity contribution in [3.8, 4) is 5.75 Å². The Morgan fingerprint density at radius 2 is 1.18 bits per heavy atom. The number of methoxy groups -OCH3 is 1. The summed E-state index contributed by atoms with van der Waals surface area (Å²) < 4.78 is 11.0. The molecule has 0 unspecified atom stereocenters. The van der Waals surface area contributed by atoms with Crippen molar-refractivity contribution in [2.75, 3.05) is 12.8 Å². The molecule has 15 nitrogen and oxygen atoms in total. The SMILES string of the molecule is CC1=NCc2ccccc21.COC(=O)c1nc2c3ccccc3n(C)n2c(=O)c1O.Cc1nn(C)c2ccccc12.Cn1nc(N)c2ccccc21.NC1=NCc2ccccc21. The molecule has 0 atom stereocenters. The third kappa shape index (κ3) is 8.36. The first kappa shape index (κ1) is 42.1. The molecule has 0 saturated carbocycles. The average molecular weight is 830 g/mol. The maximum Gasteiger partial charge on any atom is 0.360 e. The number of hydrogen-bond acceptors (Lipinski definition) is 11. The summed E-state index contributed by atoms with van der Waals surface area (Å²) in [7, 11) is 6.69. The monoisotopic (exact) mass is 829 g/mol. The minimum atomic E-state index is -0.852. The van der Waals surface area contributed by atoms with Crippen molar-refractivity contribution in [3.05, 3.63) is 165 Å². The lowest BCUT2D eigenvalue weighted by Gasteiger charge is -2.04. The van der Waals surface area contributed by atoms with E-state index in [1.54, 1.807) is 28.5 Å². The molecule has 62 heavy (non-hydrogen) atoms. The highest BCUT2D eigenvalue weighted by molar-refractivity contribution is 6.02. The second kappa shape index (κ2) is 18.0. The fraction of sp³-hybridized carbons (Fsp3) is 0.170. The summed E-state index contributed by atoms with van der Waals surface area (Å²) in [5, 5.41) is 21.2. The third-order valence-electron chi connectivity index (χ3n) is 10.5. The highest BCUT2D eigenvalue weighted by Crippen LogP contribution is 2.23. The number of amidine groups is 1. The Kier molecular flexibility index (Phi) is 12.2. The zero-order valence-electron chi connectivity index (χ0n) is 35.3. The number of nitrogen functional groups attached to an aromatic ring is 1. The number of esters is 1. The van der Waals surface area contributed by atoms with Crippen LogP contribution in [0.2, 0.25) is 0 Å². The van der Waals surface area contributed by atoms with Crippen LogP contribution in [0.15, 0.2) is 136 Å². The van der Waals surface area contributed by atoms with E-state index in [2.05, 4.69) is 79.3 Å². The zero-order chi connectivity index (χ0) is 44.1. The molecule has 0 amide bonds. The van der Waals surface area contributed by atoms with Gasteiger partial charge in [0.1, 0.15) is 5.84 Å². The number of anilines is 1. The summed E-state index contributed by atoms with van der Waals surface area (Å²) in [6.07, 6.45) is 0. The molecular weight excluding hydrogens is 783 g/mol. The number of hydrogen-bond donors (Lipinski definition) is 3. The highest BCUT2D eigenvalue weighted by Gasteiger charge is 2.22. The molecule has 0 spiro atoms. The molecule has 15 heteroatoms. The van der Waals surface area contributed by atoms with Gasteiger partial charge in [0.25, 0.3) is 0 Å². The maximum absolute atomic E-state index is 12.2. The predicted molar refractivity (Wildman–Crippen MR) is 245 cm³/mol. The van der Waals surface area contributed by atoms with Crippen LogP contribution in [0.1, 0.15) is 45.4 Å². The molecule has 2 aliphatic heterocycles. The molecule has 0 saturated heterocycles. The van der Waals surface area contributed by atoms with E-state index in [-0.39, 0.29) is 5.69 Å². The number of nitrogens with two attached hydrogens (primary N) is 2. The number of fused-ring (bicyclic) bond motifs is 7. The van der Waals surface area contributed by atoms with Crippen molar-refractivity contribution >= 4 is 61.7 Å². The summed E-state index contributed by atoms with van der Waals surface area (Å²) in [5.74, 6) is -0.297. The van der Waals surface area contributed by atoms with E-state index in [0.717, 1.165) is 47.9 Å². The lowest BCUT2D eigenvalue weighted by atomic mass is 10.1. The number of ether oxygens (including phenoxy) is 1. The Morgan fingerprint density at radius 3 is 1.79 bits per heavy atom. The van der Waals surface area contributed by atoms with E-state index in [1.807, 2.05) is 92.4 Å². The van der Waals surface area contributed by atoms with Crippen LogP contribution in [-0.2, 0) is 39.0 Å². The Labute approximate surface area is 356 Å². The first-order valence-corrected chi connectivity index (χ1v) is 19.7. The standard InChI is InChI=1S/C13H11N3O4.C9H10N2.C9H9N.C8H9N3.C8H8N2/c1-15-8-6-4-3-5-7(8)11-14-9(13(19)20-2)10(17)12(18)16(11)15;1-7-8-5-3-4-6-9(8)11(2)10-7;1-7-9-5-3-2-4-8(9)6-10-7;1-11-7-5-3-2-4-6(7)8(9)10-11;9-8-7-4-2-1-3-6(7)5-10-8/h3-6,17H,1-2H3;3-6H,1-2H3;2-5H,6H2,1H3;2-5H,1H3,(H2,9,10);1-4H,5H2,(H2,9,10). The number of aliphatic imine (C=N–C) groups is 2. The van der Waals surface area contributed by atoms with Crippen LogP contribution >= 0.6 is 0 Å². The predicted octanol–water partition coefficient (Wildman–Crippen LogP) is 6.63. The molecule has 0 aliphatic carbocycles. The van der Waals surface area contributed by atoms with Gasteiger partial charge >= 0.3 is 11.5 Å². The zero-order valence-corrected chi connectivity index (χ0v) is 35.3. The molecule has 0 radical (unpaired) electrons. The van der Waals surface area contributed by atoms with Gasteiger partial charge in [-0.1, -0.05) is 91.0 Å². The summed E-state index contributed by atoms with van der Waals surface area (Å²) in [4.78, 5) is 36.3. The molecular formula is C47H47N11O4. The molecule has 314 valence electrons. The van der Waals surface area contributed by atoms with Crippen molar-refractivity contribution in [2.24, 2.45) is 36.9 Å². The van der Waals surface area contributed by atoms with E-state index in [4.69, 9.17) is 11.5 Å². The first-order chi connectivity index (χ1) is 29.9. The fourth-order valence-corrected chi connectivity index (χ4v) is 7.35. The maximum atomic E-state index is 12.2. The fourth-order valence-electron chi connectivity index (χ4n) is 7.35. The highest BCUT2D eigenvalue weighted by atomic mass is 16.5. The van der Waals surface area contributed by atoms with Gasteiger partial charge in [-0.15, -0.1) is 0 Å². The normalized spacial score (nSPS) is 12.1. The molecule has 9 aromatic rings. The number of para-hydroxylation sites is 3. The molecule has 6 heterocycles. The Hall–Kier alpha value is -8.07. The first-order valence-electron chi connectivity index (χ1n) is 19.7. The Morgan fingerprint density at radius 1 is 0.661 bits per heavy atom. The van der Waals surface area contributed by atoms with Gasteiger partial charge in [0.05, 0.1) is 42.4 Å². The van der Waals surface area contributed by atoms with Gasteiger partial charge in [-0.2, -0.15) is 14.7 Å². The van der Waals surface area contributed by atoms with Gasteiger partial charge in [-0.05, 0) is 55.3 Å². The number of nitrogens with zero attached hydrogens (tertiary/aromatic N) is 9. The van der Waals surface area contributed by atoms with Crippen LogP contribution in [0.4, 0.5) is 5.82 Å². The summed E-state index contributed by atoms with van der Waals surface area (Å²) in [5.41, 5.74) is 20.8. The van der Waals surface area contributed by atoms with Gasteiger partial charge in [-0.3, -0.25) is 28.8 Å². The molecule has 0 fully saturated rings. The molecule has 5 aromatic carbocycles. The topological polar surface area (TPSA) is 198 Å².